The van der Waals surface area contributed by atoms with Crippen LogP contribution in [0.25, 0.3) is 0 Å². The molecule has 34 heavy (non-hydrogen) atoms. The zero-order valence-electron chi connectivity index (χ0n) is 19.0. The van der Waals surface area contributed by atoms with Gasteiger partial charge in [0.15, 0.2) is 5.11 Å². The molecule has 3 aromatic rings. The number of aryl methyl sites for hydroxylation is 1. The third-order valence-electron chi connectivity index (χ3n) is 5.55. The Morgan fingerprint density at radius 1 is 1.06 bits per heavy atom. The van der Waals surface area contributed by atoms with E-state index in [4.69, 9.17) is 28.6 Å². The van der Waals surface area contributed by atoms with Crippen molar-refractivity contribution in [3.63, 3.8) is 0 Å². The smallest absolute Gasteiger partial charge is 0.341 e. The monoisotopic (exact) mass is 530 g/mol. The zero-order chi connectivity index (χ0) is 23.9. The number of esters is 1. The lowest BCUT2D eigenvalue weighted by Crippen LogP contribution is -2.21. The van der Waals surface area contributed by atoms with Gasteiger partial charge in [-0.25, -0.2) is 4.79 Å². The van der Waals surface area contributed by atoms with Gasteiger partial charge in [-0.3, -0.25) is 0 Å². The van der Waals surface area contributed by atoms with Crippen molar-refractivity contribution in [2.75, 3.05) is 17.2 Å². The van der Waals surface area contributed by atoms with E-state index < -0.39 is 0 Å². The largest absolute Gasteiger partial charge is 0.462 e. The molecular formula is C26H27ClN2O2S3. The van der Waals surface area contributed by atoms with Crippen LogP contribution in [0, 0.1) is 0 Å². The second-order valence-corrected chi connectivity index (χ2v) is 11.0. The highest BCUT2D eigenvalue weighted by Crippen LogP contribution is 2.38. The fourth-order valence-electron chi connectivity index (χ4n) is 3.97. The van der Waals surface area contributed by atoms with Crippen molar-refractivity contribution in [3.05, 3.63) is 69.6 Å². The van der Waals surface area contributed by atoms with Gasteiger partial charge in [0.2, 0.25) is 0 Å². The first-order chi connectivity index (χ1) is 16.5. The van der Waals surface area contributed by atoms with Crippen LogP contribution in [0.5, 0.6) is 0 Å². The maximum absolute atomic E-state index is 12.9. The van der Waals surface area contributed by atoms with Crippen LogP contribution in [0.4, 0.5) is 10.7 Å². The van der Waals surface area contributed by atoms with Crippen LogP contribution in [0.1, 0.15) is 53.4 Å². The van der Waals surface area contributed by atoms with Gasteiger partial charge in [-0.05, 0) is 86.8 Å². The zero-order valence-corrected chi connectivity index (χ0v) is 22.2. The molecule has 1 aliphatic rings. The molecule has 0 amide bonds. The van der Waals surface area contributed by atoms with E-state index in [1.54, 1.807) is 23.1 Å². The topological polar surface area (TPSA) is 50.4 Å². The summed E-state index contributed by atoms with van der Waals surface area (Å²) in [5.74, 6) is -0.274. The summed E-state index contributed by atoms with van der Waals surface area (Å²) < 4.78 is 5.41. The number of benzene rings is 2. The van der Waals surface area contributed by atoms with Crippen molar-refractivity contribution in [1.29, 1.82) is 0 Å². The number of rotatable bonds is 6. The van der Waals surface area contributed by atoms with Crippen LogP contribution in [0.15, 0.2) is 58.3 Å². The van der Waals surface area contributed by atoms with E-state index in [2.05, 4.69) is 10.6 Å². The second kappa shape index (κ2) is 12.1. The Bertz CT molecular complexity index is 1160. The summed E-state index contributed by atoms with van der Waals surface area (Å²) in [6, 6.07) is 15.8. The number of halogens is 1. The highest BCUT2D eigenvalue weighted by atomic mass is 35.5. The molecule has 0 spiro atoms. The molecule has 2 aromatic carbocycles. The summed E-state index contributed by atoms with van der Waals surface area (Å²) in [6.07, 6.45) is 6.57. The van der Waals surface area contributed by atoms with Gasteiger partial charge in [0, 0.05) is 19.7 Å². The molecule has 0 unspecified atom stereocenters. The van der Waals surface area contributed by atoms with Gasteiger partial charge in [-0.15, -0.1) is 11.3 Å². The van der Waals surface area contributed by atoms with Crippen LogP contribution < -0.4 is 10.6 Å². The second-order valence-electron chi connectivity index (χ2n) is 7.97. The summed E-state index contributed by atoms with van der Waals surface area (Å²) in [4.78, 5) is 16.3. The molecule has 0 aliphatic heterocycles. The number of hydrogen-bond acceptors (Lipinski definition) is 5. The summed E-state index contributed by atoms with van der Waals surface area (Å²) in [7, 11) is 0. The molecule has 0 bridgehead atoms. The number of nitrogens with one attached hydrogen (secondary N) is 2. The van der Waals surface area contributed by atoms with E-state index in [9.17, 15) is 4.79 Å². The van der Waals surface area contributed by atoms with Crippen molar-refractivity contribution in [2.24, 2.45) is 0 Å². The Morgan fingerprint density at radius 3 is 2.56 bits per heavy atom. The Labute approximate surface area is 219 Å². The van der Waals surface area contributed by atoms with Crippen LogP contribution in [0.3, 0.4) is 0 Å². The predicted octanol–water partition coefficient (Wildman–Crippen LogP) is 8.20. The predicted molar refractivity (Wildman–Crippen MR) is 148 cm³/mol. The van der Waals surface area contributed by atoms with E-state index in [-0.39, 0.29) is 5.97 Å². The average Bonchev–Trinajstić information content (AvgIpc) is 3.12. The Kier molecular flexibility index (Phi) is 8.89. The highest BCUT2D eigenvalue weighted by Gasteiger charge is 2.25. The minimum atomic E-state index is -0.274. The summed E-state index contributed by atoms with van der Waals surface area (Å²) in [5.41, 5.74) is 2.68. The van der Waals surface area contributed by atoms with Crippen LogP contribution in [-0.2, 0) is 17.6 Å². The van der Waals surface area contributed by atoms with Gasteiger partial charge in [0.25, 0.3) is 0 Å². The summed E-state index contributed by atoms with van der Waals surface area (Å²) in [5, 5.41) is 8.56. The molecule has 1 aromatic heterocycles. The first-order valence-electron chi connectivity index (χ1n) is 11.5. The normalized spacial score (nSPS) is 13.4. The minimum Gasteiger partial charge on any atom is -0.462 e. The lowest BCUT2D eigenvalue weighted by atomic mass is 9.96. The summed E-state index contributed by atoms with van der Waals surface area (Å²) >= 11 is 15.0. The van der Waals surface area contributed by atoms with Gasteiger partial charge in [-0.1, -0.05) is 48.3 Å². The highest BCUT2D eigenvalue weighted by molar-refractivity contribution is 7.99. The number of thiophene rings is 1. The number of carbonyl (C=O) groups is 1. The van der Waals surface area contributed by atoms with Crippen molar-refractivity contribution >= 4 is 68.7 Å². The molecule has 8 heteroatoms. The first-order valence-corrected chi connectivity index (χ1v) is 13.9. The van der Waals surface area contributed by atoms with Crippen molar-refractivity contribution in [3.8, 4) is 0 Å². The fourth-order valence-corrected chi connectivity index (χ4v) is 6.56. The molecule has 0 saturated heterocycles. The van der Waals surface area contributed by atoms with Crippen LogP contribution in [-0.4, -0.2) is 17.7 Å². The molecule has 4 rings (SSSR count). The third kappa shape index (κ3) is 6.33. The molecule has 0 radical (unpaired) electrons. The molecule has 1 heterocycles. The minimum absolute atomic E-state index is 0.274. The van der Waals surface area contributed by atoms with E-state index in [0.29, 0.717) is 22.3 Å². The van der Waals surface area contributed by atoms with Crippen LogP contribution in [0.2, 0.25) is 5.02 Å². The van der Waals surface area contributed by atoms with Crippen molar-refractivity contribution in [2.45, 2.75) is 55.2 Å². The van der Waals surface area contributed by atoms with Gasteiger partial charge in [0.05, 0.1) is 17.9 Å². The van der Waals surface area contributed by atoms with Crippen LogP contribution >= 0.6 is 46.9 Å². The molecule has 178 valence electrons. The SMILES string of the molecule is CCOC(=O)c1c(NC(=S)Nc2ccccc2Sc2ccc(Cl)cc2)sc2c1CCCCCC2. The lowest BCUT2D eigenvalue weighted by Gasteiger charge is -2.14. The first kappa shape index (κ1) is 25.0. The van der Waals surface area contributed by atoms with Gasteiger partial charge < -0.3 is 15.4 Å². The summed E-state index contributed by atoms with van der Waals surface area (Å²) in [6.45, 7) is 2.18. The fraction of sp³-hybridized carbons (Fsp3) is 0.308. The molecule has 1 aliphatic carbocycles. The Morgan fingerprint density at radius 2 is 1.79 bits per heavy atom. The van der Waals surface area contributed by atoms with Gasteiger partial charge in [-0.2, -0.15) is 0 Å². The van der Waals surface area contributed by atoms with Crippen molar-refractivity contribution < 1.29 is 9.53 Å². The molecule has 0 atom stereocenters. The maximum atomic E-state index is 12.9. The number of thiocarbonyl (C=S) groups is 1. The number of anilines is 2. The molecular weight excluding hydrogens is 504 g/mol. The van der Waals surface area contributed by atoms with E-state index in [0.717, 1.165) is 51.7 Å². The molecule has 0 fully saturated rings. The van der Waals surface area contributed by atoms with Gasteiger partial charge in [0.1, 0.15) is 5.00 Å². The third-order valence-corrected chi connectivity index (χ3v) is 8.30. The molecule has 4 nitrogen and oxygen atoms in total. The lowest BCUT2D eigenvalue weighted by molar-refractivity contribution is 0.0526. The number of ether oxygens (including phenoxy) is 1. The molecule has 0 saturated carbocycles. The standard InChI is InChI=1S/C26H27ClN2O2S3/c1-2-31-25(30)23-19-9-5-3-4-6-11-21(19)34-24(23)29-26(32)28-20-10-7-8-12-22(20)33-18-15-13-17(27)14-16-18/h7-8,10,12-16H,2-6,9,11H2,1H3,(H2,28,29,32). The Balaban J connectivity index is 1.55. The molecule has 2 N–H and O–H groups in total. The van der Waals surface area contributed by atoms with Gasteiger partial charge >= 0.3 is 5.97 Å². The maximum Gasteiger partial charge on any atom is 0.341 e. The quantitative estimate of drug-likeness (QED) is 0.247. The van der Waals surface area contributed by atoms with E-state index in [1.165, 1.54) is 17.7 Å². The van der Waals surface area contributed by atoms with Crippen molar-refractivity contribution in [1.82, 2.24) is 0 Å². The number of carbonyl (C=O) groups excluding carboxylic acids is 1. The number of hydrogen-bond donors (Lipinski definition) is 2. The average molecular weight is 531 g/mol. The Hall–Kier alpha value is -2.06. The number of para-hydroxylation sites is 1. The number of fused-ring (bicyclic) bond motifs is 1. The van der Waals surface area contributed by atoms with E-state index >= 15 is 0 Å². The van der Waals surface area contributed by atoms with E-state index in [1.807, 2.05) is 55.5 Å².